The summed E-state index contributed by atoms with van der Waals surface area (Å²) in [5, 5.41) is 3.28. The van der Waals surface area contributed by atoms with Crippen LogP contribution in [0.25, 0.3) is 0 Å². The molecule has 1 heterocycles. The fourth-order valence-electron chi connectivity index (χ4n) is 4.38. The molecule has 24 heavy (non-hydrogen) atoms. The van der Waals surface area contributed by atoms with Crippen LogP contribution in [0.3, 0.4) is 0 Å². The van der Waals surface area contributed by atoms with Gasteiger partial charge in [0.25, 0.3) is 0 Å². The second kappa shape index (κ2) is 7.09. The molecule has 1 aromatic heterocycles. The summed E-state index contributed by atoms with van der Waals surface area (Å²) in [5.41, 5.74) is 1.27. The summed E-state index contributed by atoms with van der Waals surface area (Å²) in [5.74, 6) is 0. The largest absolute Gasteiger partial charge is 0.378 e. The number of nitrogens with zero attached hydrogens (tertiary/aromatic N) is 2. The second-order valence-corrected chi connectivity index (χ2v) is 7.19. The highest BCUT2D eigenvalue weighted by molar-refractivity contribution is 5.75. The molecule has 2 fully saturated rings. The first-order chi connectivity index (χ1) is 11.6. The van der Waals surface area contributed by atoms with Gasteiger partial charge in [-0.2, -0.15) is 0 Å². The Labute approximate surface area is 144 Å². The van der Waals surface area contributed by atoms with Gasteiger partial charge in [0.15, 0.2) is 0 Å². The lowest BCUT2D eigenvalue weighted by molar-refractivity contribution is -0.127. The van der Waals surface area contributed by atoms with E-state index in [1.54, 1.807) is 17.3 Å². The van der Waals surface area contributed by atoms with Gasteiger partial charge in [0, 0.05) is 37.5 Å². The first-order valence-corrected chi connectivity index (χ1v) is 9.13. The number of amides is 2. The molecule has 2 saturated carbocycles. The van der Waals surface area contributed by atoms with E-state index >= 15 is 0 Å². The molecule has 0 unspecified atom stereocenters. The summed E-state index contributed by atoms with van der Waals surface area (Å²) < 4.78 is 5.93. The SMILES string of the molecule is CCO[C@@H]1C[C@H](NC(=O)N(C)[C@H](C)c2ccncc2)C12CCCC2. The van der Waals surface area contributed by atoms with Gasteiger partial charge in [-0.25, -0.2) is 4.79 Å². The zero-order valence-electron chi connectivity index (χ0n) is 15.0. The van der Waals surface area contributed by atoms with E-state index in [4.69, 9.17) is 4.74 Å². The number of hydrogen-bond acceptors (Lipinski definition) is 3. The summed E-state index contributed by atoms with van der Waals surface area (Å²) in [6, 6.07) is 4.19. The molecule has 0 aromatic carbocycles. The van der Waals surface area contributed by atoms with Gasteiger partial charge in [0.2, 0.25) is 0 Å². The van der Waals surface area contributed by atoms with Crippen LogP contribution in [0.15, 0.2) is 24.5 Å². The lowest BCUT2D eigenvalue weighted by Gasteiger charge is -2.54. The van der Waals surface area contributed by atoms with Crippen LogP contribution >= 0.6 is 0 Å². The monoisotopic (exact) mass is 331 g/mol. The smallest absolute Gasteiger partial charge is 0.317 e. The highest BCUT2D eigenvalue weighted by atomic mass is 16.5. The predicted octanol–water partition coefficient (Wildman–Crippen LogP) is 3.52. The van der Waals surface area contributed by atoms with Crippen molar-refractivity contribution in [1.29, 1.82) is 0 Å². The van der Waals surface area contributed by atoms with Crippen LogP contribution < -0.4 is 5.32 Å². The van der Waals surface area contributed by atoms with Crippen LogP contribution in [0.1, 0.15) is 57.6 Å². The van der Waals surface area contributed by atoms with Crippen LogP contribution in [0.5, 0.6) is 0 Å². The fraction of sp³-hybridized carbons (Fsp3) is 0.684. The lowest BCUT2D eigenvalue weighted by Crippen LogP contribution is -2.64. The molecule has 0 saturated heterocycles. The van der Waals surface area contributed by atoms with E-state index in [1.165, 1.54) is 25.7 Å². The van der Waals surface area contributed by atoms with Crippen molar-refractivity contribution < 1.29 is 9.53 Å². The molecule has 5 heteroatoms. The van der Waals surface area contributed by atoms with Gasteiger partial charge in [-0.15, -0.1) is 0 Å². The lowest BCUT2D eigenvalue weighted by atomic mass is 9.60. The zero-order valence-corrected chi connectivity index (χ0v) is 15.0. The van der Waals surface area contributed by atoms with Crippen molar-refractivity contribution in [3.63, 3.8) is 0 Å². The molecular weight excluding hydrogens is 302 g/mol. The molecule has 2 amide bonds. The molecule has 1 N–H and O–H groups in total. The van der Waals surface area contributed by atoms with Gasteiger partial charge in [-0.3, -0.25) is 4.98 Å². The molecule has 1 spiro atoms. The normalized spacial score (nSPS) is 26.0. The minimum Gasteiger partial charge on any atom is -0.378 e. The molecule has 2 aliphatic rings. The third-order valence-electron chi connectivity index (χ3n) is 6.07. The van der Waals surface area contributed by atoms with Crippen LogP contribution in [0, 0.1) is 5.41 Å². The zero-order chi connectivity index (χ0) is 17.2. The maximum atomic E-state index is 12.7. The van der Waals surface area contributed by atoms with Gasteiger partial charge >= 0.3 is 6.03 Å². The van der Waals surface area contributed by atoms with Crippen molar-refractivity contribution in [2.75, 3.05) is 13.7 Å². The predicted molar refractivity (Wildman–Crippen MR) is 93.7 cm³/mol. The van der Waals surface area contributed by atoms with Gasteiger partial charge < -0.3 is 15.0 Å². The van der Waals surface area contributed by atoms with Crippen molar-refractivity contribution in [2.24, 2.45) is 5.41 Å². The Morgan fingerprint density at radius 1 is 1.42 bits per heavy atom. The molecule has 132 valence electrons. The van der Waals surface area contributed by atoms with E-state index in [2.05, 4.69) is 17.2 Å². The van der Waals surface area contributed by atoms with E-state index in [0.29, 0.717) is 6.10 Å². The Hall–Kier alpha value is -1.62. The van der Waals surface area contributed by atoms with Gasteiger partial charge in [-0.05, 0) is 50.8 Å². The first kappa shape index (κ1) is 17.2. The van der Waals surface area contributed by atoms with Crippen molar-refractivity contribution in [1.82, 2.24) is 15.2 Å². The number of urea groups is 1. The summed E-state index contributed by atoms with van der Waals surface area (Å²) in [6.45, 7) is 4.86. The van der Waals surface area contributed by atoms with Crippen molar-refractivity contribution in [3.8, 4) is 0 Å². The second-order valence-electron chi connectivity index (χ2n) is 7.19. The maximum absolute atomic E-state index is 12.7. The molecule has 0 radical (unpaired) electrons. The summed E-state index contributed by atoms with van der Waals surface area (Å²) in [6.07, 6.45) is 9.64. The van der Waals surface area contributed by atoms with Gasteiger partial charge in [0.05, 0.1) is 12.1 Å². The Bertz CT molecular complexity index is 557. The first-order valence-electron chi connectivity index (χ1n) is 9.13. The van der Waals surface area contributed by atoms with Crippen molar-refractivity contribution >= 4 is 6.03 Å². The standard InChI is InChI=1S/C19H29N3O2/c1-4-24-17-13-16(19(17)9-5-6-10-19)21-18(23)22(3)14(2)15-7-11-20-12-8-15/h7-8,11-12,14,16-17H,4-6,9-10,13H2,1-3H3,(H,21,23)/t14-,16+,17-/m1/s1. The molecule has 3 atom stereocenters. The van der Waals surface area contributed by atoms with E-state index < -0.39 is 0 Å². The Kier molecular flexibility index (Phi) is 5.09. The van der Waals surface area contributed by atoms with E-state index in [9.17, 15) is 4.79 Å². The molecule has 3 rings (SSSR count). The fourth-order valence-corrected chi connectivity index (χ4v) is 4.38. The van der Waals surface area contributed by atoms with Crippen molar-refractivity contribution in [2.45, 2.75) is 64.1 Å². The van der Waals surface area contributed by atoms with Crippen molar-refractivity contribution in [3.05, 3.63) is 30.1 Å². The number of hydrogen-bond donors (Lipinski definition) is 1. The molecule has 0 aliphatic heterocycles. The number of carbonyl (C=O) groups is 1. The number of carbonyl (C=O) groups excluding carboxylic acids is 1. The number of nitrogens with one attached hydrogen (secondary N) is 1. The molecular formula is C19H29N3O2. The Balaban J connectivity index is 1.62. The number of rotatable bonds is 5. The quantitative estimate of drug-likeness (QED) is 0.898. The summed E-state index contributed by atoms with van der Waals surface area (Å²) >= 11 is 0. The van der Waals surface area contributed by atoms with E-state index in [-0.39, 0.29) is 23.5 Å². The molecule has 0 bridgehead atoms. The highest BCUT2D eigenvalue weighted by Gasteiger charge is 2.57. The van der Waals surface area contributed by atoms with Crippen LogP contribution in [-0.4, -0.2) is 41.7 Å². The van der Waals surface area contributed by atoms with Crippen LogP contribution in [0.2, 0.25) is 0 Å². The number of aromatic nitrogens is 1. The van der Waals surface area contributed by atoms with E-state index in [1.807, 2.05) is 26.1 Å². The van der Waals surface area contributed by atoms with Gasteiger partial charge in [-0.1, -0.05) is 12.8 Å². The average Bonchev–Trinajstić information content (AvgIpc) is 3.13. The maximum Gasteiger partial charge on any atom is 0.317 e. The molecule has 5 nitrogen and oxygen atoms in total. The third-order valence-corrected chi connectivity index (χ3v) is 6.07. The summed E-state index contributed by atoms with van der Waals surface area (Å²) in [4.78, 5) is 18.6. The number of ether oxygens (including phenoxy) is 1. The molecule has 2 aliphatic carbocycles. The summed E-state index contributed by atoms with van der Waals surface area (Å²) in [7, 11) is 1.86. The Morgan fingerprint density at radius 2 is 2.08 bits per heavy atom. The number of pyridine rings is 1. The topological polar surface area (TPSA) is 54.5 Å². The minimum absolute atomic E-state index is 0.00513. The minimum atomic E-state index is 0.00513. The highest BCUT2D eigenvalue weighted by Crippen LogP contribution is 2.54. The van der Waals surface area contributed by atoms with Gasteiger partial charge in [0.1, 0.15) is 0 Å². The van der Waals surface area contributed by atoms with Crippen LogP contribution in [-0.2, 0) is 4.74 Å². The van der Waals surface area contributed by atoms with E-state index in [0.717, 1.165) is 18.6 Å². The Morgan fingerprint density at radius 3 is 2.71 bits per heavy atom. The van der Waals surface area contributed by atoms with Crippen LogP contribution in [0.4, 0.5) is 4.79 Å². The third kappa shape index (κ3) is 3.02. The average molecular weight is 331 g/mol. The molecule has 1 aromatic rings.